The average Bonchev–Trinajstić information content (AvgIpc) is 3.24. The maximum atomic E-state index is 13.4. The zero-order valence-corrected chi connectivity index (χ0v) is 20.0. The van der Waals surface area contributed by atoms with E-state index in [1.165, 1.54) is 36.0 Å². The molecule has 0 aliphatic carbocycles. The number of anilines is 1. The van der Waals surface area contributed by atoms with Crippen LogP contribution in [0.25, 0.3) is 11.2 Å². The summed E-state index contributed by atoms with van der Waals surface area (Å²) in [4.78, 5) is 53.3. The third kappa shape index (κ3) is 5.29. The van der Waals surface area contributed by atoms with Crippen molar-refractivity contribution in [2.45, 2.75) is 20.0 Å². The number of nitrogens with one attached hydrogen (secondary N) is 1. The maximum Gasteiger partial charge on any atom is 0.333 e. The molecule has 37 heavy (non-hydrogen) atoms. The van der Waals surface area contributed by atoms with Gasteiger partial charge in [-0.25, -0.2) is 14.8 Å². The minimum atomic E-state index is -0.721. The molecule has 0 amide bonds. The molecular formula is C24H23N7O6. The van der Waals surface area contributed by atoms with E-state index in [2.05, 4.69) is 15.5 Å². The van der Waals surface area contributed by atoms with E-state index in [4.69, 9.17) is 4.74 Å². The van der Waals surface area contributed by atoms with Gasteiger partial charge in [0.2, 0.25) is 5.95 Å². The number of benzene rings is 2. The molecule has 2 aromatic heterocycles. The molecule has 0 aliphatic rings. The Hall–Kier alpha value is -5.07. The van der Waals surface area contributed by atoms with Crippen LogP contribution >= 0.6 is 0 Å². The number of fused-ring (bicyclic) bond motifs is 1. The molecule has 2 heterocycles. The highest BCUT2D eigenvalue weighted by Gasteiger charge is 2.22. The van der Waals surface area contributed by atoms with Crippen molar-refractivity contribution in [3.63, 3.8) is 0 Å². The monoisotopic (exact) mass is 505 g/mol. The molecule has 0 saturated heterocycles. The van der Waals surface area contributed by atoms with Crippen molar-refractivity contribution >= 4 is 35.0 Å². The summed E-state index contributed by atoms with van der Waals surface area (Å²) in [5.74, 6) is -0.559. The van der Waals surface area contributed by atoms with Crippen LogP contribution in [0.15, 0.2) is 69.3 Å². The van der Waals surface area contributed by atoms with Gasteiger partial charge in [-0.15, -0.1) is 0 Å². The van der Waals surface area contributed by atoms with Crippen LogP contribution in [0.3, 0.4) is 0 Å². The van der Waals surface area contributed by atoms with E-state index in [-0.39, 0.29) is 36.0 Å². The first kappa shape index (κ1) is 25.0. The number of rotatable bonds is 9. The summed E-state index contributed by atoms with van der Waals surface area (Å²) in [6.45, 7) is 1.40. The molecule has 13 heteroatoms. The molecule has 0 aliphatic heterocycles. The van der Waals surface area contributed by atoms with E-state index in [1.54, 1.807) is 17.6 Å². The van der Waals surface area contributed by atoms with E-state index in [0.717, 1.165) is 10.1 Å². The summed E-state index contributed by atoms with van der Waals surface area (Å²) in [6, 6.07) is 15.2. The second-order valence-electron chi connectivity index (χ2n) is 7.94. The molecule has 0 saturated carbocycles. The number of nitrogens with zero attached hydrogens (tertiary/aromatic N) is 6. The number of carbonyl (C=O) groups is 1. The van der Waals surface area contributed by atoms with Crippen molar-refractivity contribution in [2.75, 3.05) is 12.0 Å². The van der Waals surface area contributed by atoms with Crippen molar-refractivity contribution in [2.24, 2.45) is 12.1 Å². The van der Waals surface area contributed by atoms with Crippen molar-refractivity contribution < 1.29 is 14.5 Å². The SMILES string of the molecule is CCOC(=O)Cn1c(=O)c2c(nc(NN=Cc3cccc([N+](=O)[O-])c3)n2Cc2ccccc2)n(C)c1=O. The largest absolute Gasteiger partial charge is 0.465 e. The van der Waals surface area contributed by atoms with Crippen LogP contribution in [-0.4, -0.2) is 42.4 Å². The first-order valence-corrected chi connectivity index (χ1v) is 11.2. The second-order valence-corrected chi connectivity index (χ2v) is 7.94. The minimum absolute atomic E-state index is 0.0857. The number of aromatic nitrogens is 4. The van der Waals surface area contributed by atoms with Crippen LogP contribution in [0.4, 0.5) is 11.6 Å². The fraction of sp³-hybridized carbons (Fsp3) is 0.208. The van der Waals surface area contributed by atoms with Crippen LogP contribution in [0.5, 0.6) is 0 Å². The van der Waals surface area contributed by atoms with E-state index in [1.807, 2.05) is 30.3 Å². The summed E-state index contributed by atoms with van der Waals surface area (Å²) >= 11 is 0. The van der Waals surface area contributed by atoms with Gasteiger partial charge >= 0.3 is 11.7 Å². The summed E-state index contributed by atoms with van der Waals surface area (Å²) in [5, 5.41) is 15.2. The predicted octanol–water partition coefficient (Wildman–Crippen LogP) is 1.86. The van der Waals surface area contributed by atoms with Gasteiger partial charge in [-0.3, -0.25) is 28.8 Å². The fourth-order valence-electron chi connectivity index (χ4n) is 3.74. The van der Waals surface area contributed by atoms with Gasteiger partial charge in [-0.05, 0) is 12.5 Å². The van der Waals surface area contributed by atoms with Crippen LogP contribution in [0.1, 0.15) is 18.1 Å². The van der Waals surface area contributed by atoms with Crippen molar-refractivity contribution in [3.05, 3.63) is 96.7 Å². The molecule has 0 fully saturated rings. The van der Waals surface area contributed by atoms with Gasteiger partial charge in [-0.2, -0.15) is 10.1 Å². The highest BCUT2D eigenvalue weighted by Crippen LogP contribution is 2.18. The number of carbonyl (C=O) groups excluding carboxylic acids is 1. The maximum absolute atomic E-state index is 13.4. The van der Waals surface area contributed by atoms with Crippen molar-refractivity contribution in [3.8, 4) is 0 Å². The number of esters is 1. The lowest BCUT2D eigenvalue weighted by Gasteiger charge is -2.10. The summed E-state index contributed by atoms with van der Waals surface area (Å²) in [6.07, 6.45) is 1.37. The Balaban J connectivity index is 1.81. The summed E-state index contributed by atoms with van der Waals surface area (Å²) in [5.41, 5.74) is 2.76. The van der Waals surface area contributed by atoms with E-state index in [9.17, 15) is 24.5 Å². The molecule has 1 N–H and O–H groups in total. The molecule has 0 radical (unpaired) electrons. The van der Waals surface area contributed by atoms with Crippen LogP contribution < -0.4 is 16.7 Å². The number of ether oxygens (including phenoxy) is 1. The lowest BCUT2D eigenvalue weighted by molar-refractivity contribution is -0.384. The molecule has 0 spiro atoms. The molecule has 2 aromatic carbocycles. The van der Waals surface area contributed by atoms with Crippen LogP contribution in [0, 0.1) is 10.1 Å². The number of nitro benzene ring substituents is 1. The zero-order valence-electron chi connectivity index (χ0n) is 20.0. The first-order chi connectivity index (χ1) is 17.8. The van der Waals surface area contributed by atoms with Gasteiger partial charge in [0.15, 0.2) is 11.2 Å². The number of aryl methyl sites for hydroxylation is 1. The number of imidazole rings is 1. The standard InChI is InChI=1S/C24H23N7O6/c1-3-37-19(32)15-30-22(33)20-21(28(2)24(30)34)26-23(29(20)14-16-8-5-4-6-9-16)27-25-13-17-10-7-11-18(12-17)31(35)36/h4-13H,3,14-15H2,1-2H3,(H,26,27). The van der Waals surface area contributed by atoms with Crippen molar-refractivity contribution in [1.29, 1.82) is 0 Å². The Kier molecular flexibility index (Phi) is 7.23. The molecule has 4 rings (SSSR count). The Bertz CT molecular complexity index is 1620. The molecule has 4 aromatic rings. The van der Waals surface area contributed by atoms with E-state index in [0.29, 0.717) is 5.56 Å². The number of hydrazone groups is 1. The molecule has 0 atom stereocenters. The van der Waals surface area contributed by atoms with Gasteiger partial charge in [0.25, 0.3) is 11.2 Å². The van der Waals surface area contributed by atoms with Gasteiger partial charge < -0.3 is 4.74 Å². The smallest absolute Gasteiger partial charge is 0.333 e. The number of nitro groups is 1. The Morgan fingerprint density at radius 3 is 2.62 bits per heavy atom. The fourth-order valence-corrected chi connectivity index (χ4v) is 3.74. The van der Waals surface area contributed by atoms with E-state index < -0.39 is 28.7 Å². The van der Waals surface area contributed by atoms with Crippen molar-refractivity contribution in [1.82, 2.24) is 18.7 Å². The van der Waals surface area contributed by atoms with E-state index >= 15 is 0 Å². The van der Waals surface area contributed by atoms with Crippen LogP contribution in [0.2, 0.25) is 0 Å². The van der Waals surface area contributed by atoms with Gasteiger partial charge in [0.05, 0.1) is 24.3 Å². The number of hydrogen-bond acceptors (Lipinski definition) is 9. The molecular weight excluding hydrogens is 482 g/mol. The zero-order chi connectivity index (χ0) is 26.5. The molecule has 190 valence electrons. The predicted molar refractivity (Wildman–Crippen MR) is 136 cm³/mol. The summed E-state index contributed by atoms with van der Waals surface area (Å²) in [7, 11) is 1.45. The second kappa shape index (κ2) is 10.7. The average molecular weight is 505 g/mol. The first-order valence-electron chi connectivity index (χ1n) is 11.2. The van der Waals surface area contributed by atoms with Gasteiger partial charge in [0.1, 0.15) is 6.54 Å². The van der Waals surface area contributed by atoms with Crippen LogP contribution in [-0.2, 0) is 29.7 Å². The number of non-ortho nitro benzene ring substituents is 1. The molecule has 13 nitrogen and oxygen atoms in total. The Labute approximate surface area is 209 Å². The number of hydrogen-bond donors (Lipinski definition) is 1. The topological polar surface area (TPSA) is 156 Å². The highest BCUT2D eigenvalue weighted by atomic mass is 16.6. The van der Waals surface area contributed by atoms with Gasteiger partial charge in [0, 0.05) is 24.7 Å². The van der Waals surface area contributed by atoms with Gasteiger partial charge in [-0.1, -0.05) is 42.5 Å². The highest BCUT2D eigenvalue weighted by molar-refractivity contribution is 5.81. The minimum Gasteiger partial charge on any atom is -0.465 e. The Morgan fingerprint density at radius 2 is 1.92 bits per heavy atom. The Morgan fingerprint density at radius 1 is 1.16 bits per heavy atom. The molecule has 0 unspecified atom stereocenters. The lowest BCUT2D eigenvalue weighted by atomic mass is 10.2. The third-order valence-corrected chi connectivity index (χ3v) is 5.47. The summed E-state index contributed by atoms with van der Waals surface area (Å²) < 4.78 is 8.45. The quantitative estimate of drug-likeness (QED) is 0.156. The molecule has 0 bridgehead atoms. The third-order valence-electron chi connectivity index (χ3n) is 5.47. The normalized spacial score (nSPS) is 11.2. The lowest BCUT2D eigenvalue weighted by Crippen LogP contribution is -2.41.